The highest BCUT2D eigenvalue weighted by Crippen LogP contribution is 2.11. The largest absolute Gasteiger partial charge is 0.356 e. The van der Waals surface area contributed by atoms with Gasteiger partial charge < -0.3 is 15.2 Å². The van der Waals surface area contributed by atoms with Crippen molar-refractivity contribution < 1.29 is 0 Å². The molecule has 1 unspecified atom stereocenters. The second kappa shape index (κ2) is 7.67. The summed E-state index contributed by atoms with van der Waals surface area (Å²) in [6, 6.07) is 8.66. The van der Waals surface area contributed by atoms with E-state index in [9.17, 15) is 0 Å². The van der Waals surface area contributed by atoms with E-state index >= 15 is 0 Å². The van der Waals surface area contributed by atoms with Crippen molar-refractivity contribution in [1.82, 2.24) is 20.2 Å². The Labute approximate surface area is 126 Å². The SMILES string of the molecule is CCC(C)NC(=NC)NCCCn1cnc2ccccc21. The zero-order chi connectivity index (χ0) is 15.1. The summed E-state index contributed by atoms with van der Waals surface area (Å²) in [4.78, 5) is 8.64. The summed E-state index contributed by atoms with van der Waals surface area (Å²) >= 11 is 0. The molecule has 2 rings (SSSR count). The van der Waals surface area contributed by atoms with Crippen LogP contribution in [-0.2, 0) is 6.54 Å². The number of fused-ring (bicyclic) bond motifs is 1. The summed E-state index contributed by atoms with van der Waals surface area (Å²) < 4.78 is 2.20. The lowest BCUT2D eigenvalue weighted by atomic mass is 10.3. The van der Waals surface area contributed by atoms with Crippen LogP contribution in [0.2, 0.25) is 0 Å². The van der Waals surface area contributed by atoms with Crippen molar-refractivity contribution in [3.05, 3.63) is 30.6 Å². The van der Waals surface area contributed by atoms with Gasteiger partial charge in [-0.2, -0.15) is 0 Å². The van der Waals surface area contributed by atoms with Crippen LogP contribution in [0.3, 0.4) is 0 Å². The zero-order valence-electron chi connectivity index (χ0n) is 13.1. The highest BCUT2D eigenvalue weighted by Gasteiger charge is 2.03. The lowest BCUT2D eigenvalue weighted by Gasteiger charge is -2.16. The van der Waals surface area contributed by atoms with Crippen LogP contribution in [0, 0.1) is 0 Å². The van der Waals surface area contributed by atoms with E-state index in [4.69, 9.17) is 0 Å². The average Bonchev–Trinajstić information content (AvgIpc) is 2.93. The molecule has 0 bridgehead atoms. The number of imidazole rings is 1. The number of nitrogens with one attached hydrogen (secondary N) is 2. The van der Waals surface area contributed by atoms with E-state index < -0.39 is 0 Å². The number of aliphatic imine (C=N–C) groups is 1. The van der Waals surface area contributed by atoms with Gasteiger partial charge in [-0.1, -0.05) is 19.1 Å². The Morgan fingerprint density at radius 3 is 2.95 bits per heavy atom. The molecule has 2 N–H and O–H groups in total. The zero-order valence-corrected chi connectivity index (χ0v) is 13.1. The monoisotopic (exact) mass is 287 g/mol. The van der Waals surface area contributed by atoms with Crippen LogP contribution in [0.25, 0.3) is 11.0 Å². The standard InChI is InChI=1S/C16H25N5/c1-4-13(2)20-16(17-3)18-10-7-11-21-12-19-14-8-5-6-9-15(14)21/h5-6,8-9,12-13H,4,7,10-11H2,1-3H3,(H2,17,18,20). The molecule has 0 amide bonds. The molecule has 0 saturated heterocycles. The van der Waals surface area contributed by atoms with Crippen LogP contribution in [-0.4, -0.2) is 35.1 Å². The van der Waals surface area contributed by atoms with Crippen molar-refractivity contribution in [3.63, 3.8) is 0 Å². The first-order valence-corrected chi connectivity index (χ1v) is 7.61. The molecule has 1 aromatic carbocycles. The van der Waals surface area contributed by atoms with Gasteiger partial charge in [0.25, 0.3) is 0 Å². The van der Waals surface area contributed by atoms with E-state index in [0.29, 0.717) is 6.04 Å². The van der Waals surface area contributed by atoms with E-state index in [2.05, 4.69) is 51.2 Å². The lowest BCUT2D eigenvalue weighted by molar-refractivity contribution is 0.605. The van der Waals surface area contributed by atoms with Gasteiger partial charge in [0, 0.05) is 26.2 Å². The summed E-state index contributed by atoms with van der Waals surface area (Å²) in [7, 11) is 1.81. The summed E-state index contributed by atoms with van der Waals surface area (Å²) in [5.74, 6) is 0.875. The van der Waals surface area contributed by atoms with E-state index in [0.717, 1.165) is 37.4 Å². The van der Waals surface area contributed by atoms with Crippen LogP contribution in [0.15, 0.2) is 35.6 Å². The quantitative estimate of drug-likeness (QED) is 0.487. The fourth-order valence-electron chi connectivity index (χ4n) is 2.17. The maximum atomic E-state index is 4.41. The minimum Gasteiger partial charge on any atom is -0.356 e. The molecule has 1 atom stereocenters. The molecular weight excluding hydrogens is 262 g/mol. The van der Waals surface area contributed by atoms with Crippen LogP contribution in [0.5, 0.6) is 0 Å². The minimum absolute atomic E-state index is 0.439. The first-order chi connectivity index (χ1) is 10.2. The van der Waals surface area contributed by atoms with Gasteiger partial charge in [-0.15, -0.1) is 0 Å². The van der Waals surface area contributed by atoms with Crippen LogP contribution in [0.4, 0.5) is 0 Å². The highest BCUT2D eigenvalue weighted by molar-refractivity contribution is 5.79. The third-order valence-corrected chi connectivity index (χ3v) is 3.61. The molecule has 0 spiro atoms. The van der Waals surface area contributed by atoms with E-state index in [-0.39, 0.29) is 0 Å². The van der Waals surface area contributed by atoms with Gasteiger partial charge in [0.05, 0.1) is 17.4 Å². The molecule has 0 radical (unpaired) electrons. The lowest BCUT2D eigenvalue weighted by Crippen LogP contribution is -2.42. The number of hydrogen-bond acceptors (Lipinski definition) is 2. The molecule has 5 nitrogen and oxygen atoms in total. The third kappa shape index (κ3) is 4.21. The first-order valence-electron chi connectivity index (χ1n) is 7.61. The van der Waals surface area contributed by atoms with Gasteiger partial charge in [-0.3, -0.25) is 4.99 Å². The number of hydrogen-bond donors (Lipinski definition) is 2. The number of benzene rings is 1. The molecular formula is C16H25N5. The molecule has 2 aromatic rings. The maximum Gasteiger partial charge on any atom is 0.191 e. The fourth-order valence-corrected chi connectivity index (χ4v) is 2.17. The molecule has 21 heavy (non-hydrogen) atoms. The van der Waals surface area contributed by atoms with Crippen molar-refractivity contribution in [2.45, 2.75) is 39.3 Å². The Bertz CT molecular complexity index is 587. The third-order valence-electron chi connectivity index (χ3n) is 3.61. The van der Waals surface area contributed by atoms with Gasteiger partial charge in [0.1, 0.15) is 0 Å². The number of rotatable bonds is 6. The molecule has 1 heterocycles. The van der Waals surface area contributed by atoms with Gasteiger partial charge in [0.2, 0.25) is 0 Å². The second-order valence-electron chi connectivity index (χ2n) is 5.23. The van der Waals surface area contributed by atoms with Crippen LogP contribution in [0.1, 0.15) is 26.7 Å². The number of guanidine groups is 1. The van der Waals surface area contributed by atoms with Gasteiger partial charge >= 0.3 is 0 Å². The van der Waals surface area contributed by atoms with E-state index in [1.54, 1.807) is 7.05 Å². The van der Waals surface area contributed by atoms with Crippen molar-refractivity contribution >= 4 is 17.0 Å². The predicted octanol–water partition coefficient (Wildman–Crippen LogP) is 2.39. The van der Waals surface area contributed by atoms with Crippen molar-refractivity contribution in [2.24, 2.45) is 4.99 Å². The molecule has 0 aliphatic heterocycles. The minimum atomic E-state index is 0.439. The molecule has 1 aromatic heterocycles. The first kappa shape index (κ1) is 15.4. The van der Waals surface area contributed by atoms with E-state index in [1.807, 2.05) is 18.5 Å². The predicted molar refractivity (Wildman–Crippen MR) is 88.6 cm³/mol. The van der Waals surface area contributed by atoms with Crippen LogP contribution >= 0.6 is 0 Å². The van der Waals surface area contributed by atoms with E-state index in [1.165, 1.54) is 5.52 Å². The van der Waals surface area contributed by atoms with Crippen LogP contribution < -0.4 is 10.6 Å². The molecule has 0 fully saturated rings. The molecule has 114 valence electrons. The molecule has 0 aliphatic carbocycles. The second-order valence-corrected chi connectivity index (χ2v) is 5.23. The Balaban J connectivity index is 1.79. The smallest absolute Gasteiger partial charge is 0.191 e. The summed E-state index contributed by atoms with van der Waals surface area (Å²) in [5.41, 5.74) is 2.25. The molecule has 0 saturated carbocycles. The normalized spacial score (nSPS) is 13.4. The summed E-state index contributed by atoms with van der Waals surface area (Å²) in [6.07, 6.45) is 4.03. The fraction of sp³-hybridized carbons (Fsp3) is 0.500. The Hall–Kier alpha value is -2.04. The summed E-state index contributed by atoms with van der Waals surface area (Å²) in [5, 5.41) is 6.71. The average molecular weight is 287 g/mol. The Morgan fingerprint density at radius 1 is 1.38 bits per heavy atom. The summed E-state index contributed by atoms with van der Waals surface area (Å²) in [6.45, 7) is 6.16. The Morgan fingerprint density at radius 2 is 2.19 bits per heavy atom. The number of aryl methyl sites for hydroxylation is 1. The van der Waals surface area contributed by atoms with Crippen molar-refractivity contribution in [2.75, 3.05) is 13.6 Å². The molecule has 5 heteroatoms. The number of para-hydroxylation sites is 2. The van der Waals surface area contributed by atoms with Gasteiger partial charge in [0.15, 0.2) is 5.96 Å². The number of nitrogens with zero attached hydrogens (tertiary/aromatic N) is 3. The highest BCUT2D eigenvalue weighted by atomic mass is 15.2. The van der Waals surface area contributed by atoms with Crippen molar-refractivity contribution in [1.29, 1.82) is 0 Å². The molecule has 0 aliphatic rings. The van der Waals surface area contributed by atoms with Crippen molar-refractivity contribution in [3.8, 4) is 0 Å². The Kier molecular flexibility index (Phi) is 5.60. The maximum absolute atomic E-state index is 4.41. The van der Waals surface area contributed by atoms with Gasteiger partial charge in [-0.05, 0) is 31.9 Å². The van der Waals surface area contributed by atoms with Gasteiger partial charge in [-0.25, -0.2) is 4.98 Å². The topological polar surface area (TPSA) is 54.2 Å². The number of aromatic nitrogens is 2.